The van der Waals surface area contributed by atoms with Crippen molar-refractivity contribution in [1.82, 2.24) is 20.2 Å². The van der Waals surface area contributed by atoms with Gasteiger partial charge in [0.15, 0.2) is 5.82 Å². The molecule has 0 aliphatic carbocycles. The molecule has 0 saturated heterocycles. The first kappa shape index (κ1) is 13.9. The Kier molecular flexibility index (Phi) is 4.40. The maximum Gasteiger partial charge on any atom is 0.156 e. The molecule has 0 unspecified atom stereocenters. The summed E-state index contributed by atoms with van der Waals surface area (Å²) in [4.78, 5) is 0. The van der Waals surface area contributed by atoms with Crippen molar-refractivity contribution in [3.8, 4) is 0 Å². The molecule has 1 atom stereocenters. The Morgan fingerprint density at radius 2 is 1.62 bits per heavy atom. The highest BCUT2D eigenvalue weighted by molar-refractivity contribution is 9.09. The van der Waals surface area contributed by atoms with E-state index in [9.17, 15) is 0 Å². The van der Waals surface area contributed by atoms with Gasteiger partial charge in [-0.2, -0.15) is 0 Å². The SMILES string of the molecule is BrC[C@H](c1ccccc1)n1nnnc1Cc1ccccc1. The normalized spacial score (nSPS) is 12.2. The summed E-state index contributed by atoms with van der Waals surface area (Å²) in [6.45, 7) is 0. The summed E-state index contributed by atoms with van der Waals surface area (Å²) in [6, 6.07) is 20.6. The minimum atomic E-state index is 0.0971. The van der Waals surface area contributed by atoms with Crippen molar-refractivity contribution in [3.05, 3.63) is 77.6 Å². The van der Waals surface area contributed by atoms with Crippen LogP contribution < -0.4 is 0 Å². The maximum absolute atomic E-state index is 4.19. The Balaban J connectivity index is 1.91. The van der Waals surface area contributed by atoms with Crippen LogP contribution in [-0.2, 0) is 6.42 Å². The number of nitrogens with zero attached hydrogens (tertiary/aromatic N) is 4. The van der Waals surface area contributed by atoms with Crippen LogP contribution >= 0.6 is 15.9 Å². The van der Waals surface area contributed by atoms with Crippen molar-refractivity contribution in [2.45, 2.75) is 12.5 Å². The van der Waals surface area contributed by atoms with Crippen LogP contribution in [0.5, 0.6) is 0 Å². The minimum absolute atomic E-state index is 0.0971. The molecule has 2 aromatic carbocycles. The molecule has 1 heterocycles. The molecule has 0 aliphatic rings. The van der Waals surface area contributed by atoms with Crippen molar-refractivity contribution < 1.29 is 0 Å². The molecule has 106 valence electrons. The van der Waals surface area contributed by atoms with Gasteiger partial charge in [0, 0.05) is 11.8 Å². The summed E-state index contributed by atoms with van der Waals surface area (Å²) >= 11 is 3.58. The number of aromatic nitrogens is 4. The molecule has 0 N–H and O–H groups in total. The van der Waals surface area contributed by atoms with Gasteiger partial charge in [0.1, 0.15) is 0 Å². The van der Waals surface area contributed by atoms with E-state index >= 15 is 0 Å². The molecule has 0 saturated carbocycles. The van der Waals surface area contributed by atoms with Crippen molar-refractivity contribution in [2.24, 2.45) is 0 Å². The lowest BCUT2D eigenvalue weighted by Crippen LogP contribution is -2.17. The number of tetrazole rings is 1. The van der Waals surface area contributed by atoms with Crippen LogP contribution in [0.3, 0.4) is 0 Å². The largest absolute Gasteiger partial charge is 0.221 e. The van der Waals surface area contributed by atoms with E-state index in [0.29, 0.717) is 0 Å². The molecule has 1 aromatic heterocycles. The summed E-state index contributed by atoms with van der Waals surface area (Å²) in [5.74, 6) is 0.870. The lowest BCUT2D eigenvalue weighted by atomic mass is 10.1. The van der Waals surface area contributed by atoms with Crippen LogP contribution in [0.4, 0.5) is 0 Å². The highest BCUT2D eigenvalue weighted by Gasteiger charge is 2.18. The molecule has 0 radical (unpaired) electrons. The van der Waals surface area contributed by atoms with Gasteiger partial charge < -0.3 is 0 Å². The summed E-state index contributed by atoms with van der Waals surface area (Å²) in [7, 11) is 0. The van der Waals surface area contributed by atoms with Gasteiger partial charge >= 0.3 is 0 Å². The lowest BCUT2D eigenvalue weighted by Gasteiger charge is -2.16. The van der Waals surface area contributed by atoms with Crippen LogP contribution in [0.15, 0.2) is 60.7 Å². The van der Waals surface area contributed by atoms with Gasteiger partial charge in [0.05, 0.1) is 6.04 Å². The van der Waals surface area contributed by atoms with Gasteiger partial charge in [-0.1, -0.05) is 76.6 Å². The second-order valence-electron chi connectivity index (χ2n) is 4.78. The summed E-state index contributed by atoms with van der Waals surface area (Å²) < 4.78 is 1.90. The fourth-order valence-corrected chi connectivity index (χ4v) is 2.97. The van der Waals surface area contributed by atoms with Crippen LogP contribution in [-0.4, -0.2) is 25.5 Å². The van der Waals surface area contributed by atoms with E-state index in [1.54, 1.807) is 0 Å². The van der Waals surface area contributed by atoms with Crippen LogP contribution in [0, 0.1) is 0 Å². The zero-order valence-corrected chi connectivity index (χ0v) is 13.0. The molecule has 3 rings (SSSR count). The van der Waals surface area contributed by atoms with E-state index in [1.165, 1.54) is 11.1 Å². The molecular formula is C16H15BrN4. The van der Waals surface area contributed by atoms with E-state index in [0.717, 1.165) is 17.6 Å². The van der Waals surface area contributed by atoms with Gasteiger partial charge in [0.2, 0.25) is 0 Å². The fraction of sp³-hybridized carbons (Fsp3) is 0.188. The highest BCUT2D eigenvalue weighted by atomic mass is 79.9. The number of hydrogen-bond donors (Lipinski definition) is 0. The number of halogens is 1. The molecular weight excluding hydrogens is 328 g/mol. The van der Waals surface area contributed by atoms with Gasteiger partial charge in [-0.25, -0.2) is 4.68 Å². The molecule has 5 heteroatoms. The predicted octanol–water partition coefficient (Wildman–Crippen LogP) is 3.25. The standard InChI is InChI=1S/C16H15BrN4/c17-12-15(14-9-5-2-6-10-14)21-16(18-19-20-21)11-13-7-3-1-4-8-13/h1-10,15H,11-12H2/t15-/m1/s1. The Morgan fingerprint density at radius 1 is 0.952 bits per heavy atom. The Hall–Kier alpha value is -2.01. The van der Waals surface area contributed by atoms with E-state index < -0.39 is 0 Å². The van der Waals surface area contributed by atoms with Gasteiger partial charge in [-0.15, -0.1) is 5.10 Å². The Labute approximate surface area is 131 Å². The number of rotatable bonds is 5. The number of alkyl halides is 1. The average molecular weight is 343 g/mol. The maximum atomic E-state index is 4.19. The minimum Gasteiger partial charge on any atom is -0.221 e. The molecule has 0 bridgehead atoms. The first-order valence-electron chi connectivity index (χ1n) is 6.80. The van der Waals surface area contributed by atoms with Crippen molar-refractivity contribution in [1.29, 1.82) is 0 Å². The topological polar surface area (TPSA) is 43.6 Å². The van der Waals surface area contributed by atoms with Crippen molar-refractivity contribution in [2.75, 3.05) is 5.33 Å². The third-order valence-electron chi connectivity index (χ3n) is 3.39. The molecule has 3 aromatic rings. The predicted molar refractivity (Wildman–Crippen MR) is 85.4 cm³/mol. The monoisotopic (exact) mass is 342 g/mol. The van der Waals surface area contributed by atoms with E-state index in [4.69, 9.17) is 0 Å². The van der Waals surface area contributed by atoms with E-state index in [2.05, 4.69) is 55.7 Å². The number of benzene rings is 2. The smallest absolute Gasteiger partial charge is 0.156 e. The van der Waals surface area contributed by atoms with E-state index in [1.807, 2.05) is 41.1 Å². The van der Waals surface area contributed by atoms with Gasteiger partial charge in [0.25, 0.3) is 0 Å². The van der Waals surface area contributed by atoms with E-state index in [-0.39, 0.29) is 6.04 Å². The summed E-state index contributed by atoms with van der Waals surface area (Å²) in [5.41, 5.74) is 2.39. The molecule has 0 aliphatic heterocycles. The average Bonchev–Trinajstić information content (AvgIpc) is 2.98. The molecule has 0 amide bonds. The third kappa shape index (κ3) is 3.19. The highest BCUT2D eigenvalue weighted by Crippen LogP contribution is 2.21. The molecule has 0 spiro atoms. The first-order chi connectivity index (χ1) is 10.4. The summed E-state index contributed by atoms with van der Waals surface area (Å²) in [5, 5.41) is 13.0. The lowest BCUT2D eigenvalue weighted by molar-refractivity contribution is 0.533. The zero-order valence-electron chi connectivity index (χ0n) is 11.4. The summed E-state index contributed by atoms with van der Waals surface area (Å²) in [6.07, 6.45) is 0.726. The fourth-order valence-electron chi connectivity index (χ4n) is 2.32. The zero-order chi connectivity index (χ0) is 14.5. The molecule has 0 fully saturated rings. The molecule has 4 nitrogen and oxygen atoms in total. The second kappa shape index (κ2) is 6.63. The second-order valence-corrected chi connectivity index (χ2v) is 5.43. The van der Waals surface area contributed by atoms with Gasteiger partial charge in [-0.3, -0.25) is 0 Å². The van der Waals surface area contributed by atoms with Crippen LogP contribution in [0.2, 0.25) is 0 Å². The van der Waals surface area contributed by atoms with Crippen LogP contribution in [0.25, 0.3) is 0 Å². The van der Waals surface area contributed by atoms with Crippen LogP contribution in [0.1, 0.15) is 23.0 Å². The third-order valence-corrected chi connectivity index (χ3v) is 4.01. The Morgan fingerprint density at radius 3 is 2.29 bits per heavy atom. The molecule has 21 heavy (non-hydrogen) atoms. The van der Waals surface area contributed by atoms with Gasteiger partial charge in [-0.05, 0) is 21.6 Å². The van der Waals surface area contributed by atoms with Crippen molar-refractivity contribution >= 4 is 15.9 Å². The Bertz CT molecular complexity index is 682. The first-order valence-corrected chi connectivity index (χ1v) is 7.92. The number of hydrogen-bond acceptors (Lipinski definition) is 3. The quantitative estimate of drug-likeness (QED) is 0.668. The van der Waals surface area contributed by atoms with Crippen molar-refractivity contribution in [3.63, 3.8) is 0 Å².